The van der Waals surface area contributed by atoms with E-state index in [1.165, 1.54) is 12.1 Å². The van der Waals surface area contributed by atoms with E-state index in [9.17, 15) is 9.50 Å². The monoisotopic (exact) mass is 208 g/mol. The minimum absolute atomic E-state index is 0.303. The van der Waals surface area contributed by atoms with Gasteiger partial charge in [-0.05, 0) is 31.2 Å². The Morgan fingerprint density at radius 1 is 1.47 bits per heavy atom. The normalized spacial score (nSPS) is 13.3. The Bertz CT molecular complexity index is 467. The lowest BCUT2D eigenvalue weighted by Gasteiger charge is -2.07. The molecule has 4 heteroatoms. The fourth-order valence-electron chi connectivity index (χ4n) is 1.70. The van der Waals surface area contributed by atoms with Crippen molar-refractivity contribution in [3.8, 4) is 0 Å². The Morgan fingerprint density at radius 3 is 3.00 bits per heavy atom. The summed E-state index contributed by atoms with van der Waals surface area (Å²) in [6.45, 7) is 0.406. The van der Waals surface area contributed by atoms with E-state index in [1.807, 2.05) is 0 Å². The maximum absolute atomic E-state index is 13.0. The van der Waals surface area contributed by atoms with E-state index in [1.54, 1.807) is 12.3 Å². The van der Waals surface area contributed by atoms with Gasteiger partial charge in [-0.25, -0.2) is 4.39 Å². The molecule has 4 N–H and O–H groups in total. The second-order valence-electron chi connectivity index (χ2n) is 3.53. The number of hydrogen-bond acceptors (Lipinski definition) is 2. The van der Waals surface area contributed by atoms with Crippen molar-refractivity contribution in [1.29, 1.82) is 0 Å². The van der Waals surface area contributed by atoms with Gasteiger partial charge >= 0.3 is 0 Å². The highest BCUT2D eigenvalue weighted by molar-refractivity contribution is 5.83. The number of nitrogens with one attached hydrogen (secondary N) is 1. The van der Waals surface area contributed by atoms with E-state index in [-0.39, 0.29) is 5.82 Å². The summed E-state index contributed by atoms with van der Waals surface area (Å²) in [4.78, 5) is 2.99. The fraction of sp³-hybridized carbons (Fsp3) is 0.273. The molecule has 0 bridgehead atoms. The van der Waals surface area contributed by atoms with Crippen LogP contribution < -0.4 is 5.73 Å². The van der Waals surface area contributed by atoms with Gasteiger partial charge in [0.25, 0.3) is 0 Å². The Labute approximate surface area is 86.7 Å². The van der Waals surface area contributed by atoms with Crippen LogP contribution in [0.2, 0.25) is 0 Å². The van der Waals surface area contributed by atoms with E-state index in [0.29, 0.717) is 18.5 Å². The molecule has 1 aromatic carbocycles. The average molecular weight is 208 g/mol. The molecular formula is C11H13FN2O. The number of aliphatic hydroxyl groups excluding tert-OH is 1. The Kier molecular flexibility index (Phi) is 2.70. The van der Waals surface area contributed by atoms with Crippen molar-refractivity contribution < 1.29 is 9.50 Å². The molecule has 0 saturated carbocycles. The lowest BCUT2D eigenvalue weighted by molar-refractivity contribution is 0.172. The first kappa shape index (κ1) is 10.1. The Hall–Kier alpha value is -1.39. The number of fused-ring (bicyclic) bond motifs is 1. The highest BCUT2D eigenvalue weighted by atomic mass is 19.1. The number of aromatic amines is 1. The van der Waals surface area contributed by atoms with Crippen LogP contribution in [0.4, 0.5) is 4.39 Å². The van der Waals surface area contributed by atoms with Crippen molar-refractivity contribution >= 4 is 10.9 Å². The molecule has 1 atom stereocenters. The zero-order valence-electron chi connectivity index (χ0n) is 8.20. The zero-order chi connectivity index (χ0) is 10.8. The molecule has 15 heavy (non-hydrogen) atoms. The van der Waals surface area contributed by atoms with Gasteiger partial charge in [0.1, 0.15) is 5.82 Å². The van der Waals surface area contributed by atoms with Gasteiger partial charge in [0, 0.05) is 22.7 Å². The SMILES string of the molecule is NCCC(O)c1c[nH]c2ccc(F)cc12. The molecule has 0 aliphatic heterocycles. The molecule has 0 aliphatic carbocycles. The van der Waals surface area contributed by atoms with E-state index in [4.69, 9.17) is 5.73 Å². The maximum atomic E-state index is 13.0. The molecule has 2 aromatic rings. The number of nitrogens with two attached hydrogens (primary N) is 1. The highest BCUT2D eigenvalue weighted by Crippen LogP contribution is 2.26. The van der Waals surface area contributed by atoms with Crippen molar-refractivity contribution in [3.05, 3.63) is 35.8 Å². The Balaban J connectivity index is 2.47. The molecule has 0 radical (unpaired) electrons. The van der Waals surface area contributed by atoms with Gasteiger partial charge in [-0.3, -0.25) is 0 Å². The van der Waals surface area contributed by atoms with Crippen LogP contribution in [0.5, 0.6) is 0 Å². The number of hydrogen-bond donors (Lipinski definition) is 3. The van der Waals surface area contributed by atoms with E-state index < -0.39 is 6.10 Å². The number of H-pyrrole nitrogens is 1. The predicted molar refractivity (Wildman–Crippen MR) is 56.9 cm³/mol. The summed E-state index contributed by atoms with van der Waals surface area (Å²) in [5, 5.41) is 10.5. The molecule has 80 valence electrons. The van der Waals surface area contributed by atoms with Crippen molar-refractivity contribution in [2.24, 2.45) is 5.73 Å². The summed E-state index contributed by atoms with van der Waals surface area (Å²) >= 11 is 0. The maximum Gasteiger partial charge on any atom is 0.123 e. The molecule has 2 rings (SSSR count). The third kappa shape index (κ3) is 1.86. The molecule has 0 spiro atoms. The second kappa shape index (κ2) is 4.00. The summed E-state index contributed by atoms with van der Waals surface area (Å²) < 4.78 is 13.0. The number of aliphatic hydroxyl groups is 1. The second-order valence-corrected chi connectivity index (χ2v) is 3.53. The minimum Gasteiger partial charge on any atom is -0.388 e. The summed E-state index contributed by atoms with van der Waals surface area (Å²) in [5.74, 6) is -0.303. The number of halogens is 1. The topological polar surface area (TPSA) is 62.0 Å². The number of aromatic nitrogens is 1. The van der Waals surface area contributed by atoms with Crippen LogP contribution >= 0.6 is 0 Å². The molecule has 0 saturated heterocycles. The van der Waals surface area contributed by atoms with Crippen LogP contribution in [-0.4, -0.2) is 16.6 Å². The quantitative estimate of drug-likeness (QED) is 0.718. The van der Waals surface area contributed by atoms with Crippen molar-refractivity contribution in [3.63, 3.8) is 0 Å². The first-order valence-electron chi connectivity index (χ1n) is 4.87. The molecule has 0 amide bonds. The molecule has 1 unspecified atom stereocenters. The predicted octanol–water partition coefficient (Wildman–Crippen LogP) is 1.69. The zero-order valence-corrected chi connectivity index (χ0v) is 8.20. The Morgan fingerprint density at radius 2 is 2.27 bits per heavy atom. The minimum atomic E-state index is -0.634. The third-order valence-electron chi connectivity index (χ3n) is 2.47. The van der Waals surface area contributed by atoms with Crippen molar-refractivity contribution in [2.45, 2.75) is 12.5 Å². The van der Waals surface area contributed by atoms with E-state index in [0.717, 1.165) is 10.9 Å². The van der Waals surface area contributed by atoms with Crippen LogP contribution in [0.3, 0.4) is 0 Å². The first-order valence-corrected chi connectivity index (χ1v) is 4.87. The van der Waals surface area contributed by atoms with Gasteiger partial charge in [0.2, 0.25) is 0 Å². The fourth-order valence-corrected chi connectivity index (χ4v) is 1.70. The van der Waals surface area contributed by atoms with Gasteiger partial charge in [0.15, 0.2) is 0 Å². The average Bonchev–Trinajstić information content (AvgIpc) is 2.60. The van der Waals surface area contributed by atoms with Crippen LogP contribution in [-0.2, 0) is 0 Å². The molecule has 3 nitrogen and oxygen atoms in total. The van der Waals surface area contributed by atoms with E-state index >= 15 is 0 Å². The van der Waals surface area contributed by atoms with Crippen molar-refractivity contribution in [2.75, 3.05) is 6.54 Å². The van der Waals surface area contributed by atoms with Gasteiger partial charge in [-0.2, -0.15) is 0 Å². The standard InChI is InChI=1S/C11H13FN2O/c12-7-1-2-10-8(5-7)9(6-14-10)11(15)3-4-13/h1-2,5-6,11,14-15H,3-4,13H2. The van der Waals surface area contributed by atoms with Crippen LogP contribution in [0.1, 0.15) is 18.1 Å². The van der Waals surface area contributed by atoms with Crippen molar-refractivity contribution in [1.82, 2.24) is 4.98 Å². The number of rotatable bonds is 3. The molecule has 1 heterocycles. The van der Waals surface area contributed by atoms with Gasteiger partial charge in [-0.15, -0.1) is 0 Å². The van der Waals surface area contributed by atoms with Crippen LogP contribution in [0.25, 0.3) is 10.9 Å². The summed E-state index contributed by atoms with van der Waals surface area (Å²) in [5.41, 5.74) is 6.89. The molecule has 1 aromatic heterocycles. The molecule has 0 aliphatic rings. The molecule has 0 fully saturated rings. The van der Waals surface area contributed by atoms with Crippen LogP contribution in [0, 0.1) is 5.82 Å². The molecular weight excluding hydrogens is 195 g/mol. The van der Waals surface area contributed by atoms with Crippen LogP contribution in [0.15, 0.2) is 24.4 Å². The highest BCUT2D eigenvalue weighted by Gasteiger charge is 2.12. The van der Waals surface area contributed by atoms with E-state index in [2.05, 4.69) is 4.98 Å². The third-order valence-corrected chi connectivity index (χ3v) is 2.47. The van der Waals surface area contributed by atoms with Gasteiger partial charge in [0.05, 0.1) is 6.10 Å². The lowest BCUT2D eigenvalue weighted by Crippen LogP contribution is -2.06. The summed E-state index contributed by atoms with van der Waals surface area (Å²) in [6.07, 6.45) is 1.54. The smallest absolute Gasteiger partial charge is 0.123 e. The number of benzene rings is 1. The summed E-state index contributed by atoms with van der Waals surface area (Å²) in [7, 11) is 0. The lowest BCUT2D eigenvalue weighted by atomic mass is 10.1. The first-order chi connectivity index (χ1) is 7.22. The van der Waals surface area contributed by atoms with Gasteiger partial charge < -0.3 is 15.8 Å². The summed E-state index contributed by atoms with van der Waals surface area (Å²) in [6, 6.07) is 4.46. The van der Waals surface area contributed by atoms with Gasteiger partial charge in [-0.1, -0.05) is 0 Å². The largest absolute Gasteiger partial charge is 0.388 e.